The van der Waals surface area contributed by atoms with Crippen molar-refractivity contribution in [3.05, 3.63) is 22.8 Å². The molecule has 1 saturated heterocycles. The summed E-state index contributed by atoms with van der Waals surface area (Å²) in [4.78, 5) is 8.90. The van der Waals surface area contributed by atoms with Gasteiger partial charge in [0.15, 0.2) is 0 Å². The molecular formula is C13H18ClN5. The second-order valence-corrected chi connectivity index (χ2v) is 5.08. The fourth-order valence-corrected chi connectivity index (χ4v) is 2.28. The Morgan fingerprint density at radius 2 is 2.16 bits per heavy atom. The van der Waals surface area contributed by atoms with Crippen molar-refractivity contribution in [2.75, 3.05) is 51.6 Å². The molecule has 0 bridgehead atoms. The molecule has 0 amide bonds. The summed E-state index contributed by atoms with van der Waals surface area (Å²) in [5.74, 6) is 0.592. The van der Waals surface area contributed by atoms with Crippen molar-refractivity contribution in [1.82, 2.24) is 14.8 Å². The topological polar surface area (TPSA) is 55.2 Å². The number of hydrogen-bond acceptors (Lipinski definition) is 5. The molecule has 0 radical (unpaired) electrons. The number of pyridine rings is 1. The predicted molar refractivity (Wildman–Crippen MR) is 76.4 cm³/mol. The SMILES string of the molecule is CN1CCN(CCNc2nccc(C#N)c2Cl)CC1. The zero-order valence-corrected chi connectivity index (χ0v) is 11.8. The standard InChI is InChI=1S/C13H18ClN5/c1-18-6-8-19(9-7-18)5-4-17-13-12(14)11(10-15)2-3-16-13/h2-3H,4-9H2,1H3,(H,16,17). The molecule has 1 aliphatic rings. The van der Waals surface area contributed by atoms with E-state index in [0.29, 0.717) is 16.4 Å². The maximum atomic E-state index is 8.89. The summed E-state index contributed by atoms with van der Waals surface area (Å²) in [5.41, 5.74) is 0.457. The van der Waals surface area contributed by atoms with Crippen molar-refractivity contribution in [2.45, 2.75) is 0 Å². The first-order valence-corrected chi connectivity index (χ1v) is 6.78. The summed E-state index contributed by atoms with van der Waals surface area (Å²) >= 11 is 6.08. The Hall–Kier alpha value is -1.35. The summed E-state index contributed by atoms with van der Waals surface area (Å²) in [6, 6.07) is 3.67. The first-order chi connectivity index (χ1) is 9.20. The van der Waals surface area contributed by atoms with E-state index in [4.69, 9.17) is 16.9 Å². The van der Waals surface area contributed by atoms with Crippen LogP contribution in [0.2, 0.25) is 5.02 Å². The lowest BCUT2D eigenvalue weighted by molar-refractivity contribution is 0.158. The van der Waals surface area contributed by atoms with E-state index >= 15 is 0 Å². The molecule has 2 rings (SSSR count). The number of rotatable bonds is 4. The van der Waals surface area contributed by atoms with Crippen molar-refractivity contribution in [3.63, 3.8) is 0 Å². The van der Waals surface area contributed by atoms with Crippen LogP contribution >= 0.6 is 11.6 Å². The fraction of sp³-hybridized carbons (Fsp3) is 0.538. The molecule has 1 aromatic rings. The Morgan fingerprint density at radius 1 is 1.42 bits per heavy atom. The summed E-state index contributed by atoms with van der Waals surface area (Å²) in [7, 11) is 2.15. The van der Waals surface area contributed by atoms with Crippen LogP contribution in [0.5, 0.6) is 0 Å². The van der Waals surface area contributed by atoms with Gasteiger partial charge in [-0.2, -0.15) is 5.26 Å². The number of halogens is 1. The van der Waals surface area contributed by atoms with Gasteiger partial charge in [-0.3, -0.25) is 4.90 Å². The molecule has 0 aromatic carbocycles. The van der Waals surface area contributed by atoms with Crippen LogP contribution in [0.15, 0.2) is 12.3 Å². The van der Waals surface area contributed by atoms with Gasteiger partial charge in [0.25, 0.3) is 0 Å². The van der Waals surface area contributed by atoms with E-state index in [-0.39, 0.29) is 0 Å². The van der Waals surface area contributed by atoms with Crippen LogP contribution in [0.1, 0.15) is 5.56 Å². The number of piperazine rings is 1. The highest BCUT2D eigenvalue weighted by molar-refractivity contribution is 6.34. The molecule has 1 N–H and O–H groups in total. The van der Waals surface area contributed by atoms with Crippen LogP contribution in [0.3, 0.4) is 0 Å². The number of nitrogens with one attached hydrogen (secondary N) is 1. The first-order valence-electron chi connectivity index (χ1n) is 6.40. The number of nitriles is 1. The molecular weight excluding hydrogens is 262 g/mol. The van der Waals surface area contributed by atoms with Gasteiger partial charge in [0, 0.05) is 45.5 Å². The summed E-state index contributed by atoms with van der Waals surface area (Å²) in [6.45, 7) is 6.16. The van der Waals surface area contributed by atoms with Gasteiger partial charge in [-0.25, -0.2) is 4.98 Å². The third-order valence-electron chi connectivity index (χ3n) is 3.33. The Balaban J connectivity index is 1.81. The van der Waals surface area contributed by atoms with E-state index < -0.39 is 0 Å². The van der Waals surface area contributed by atoms with Crippen molar-refractivity contribution in [2.24, 2.45) is 0 Å². The Kier molecular flexibility index (Phi) is 4.97. The normalized spacial score (nSPS) is 17.1. The fourth-order valence-electron chi connectivity index (χ4n) is 2.06. The monoisotopic (exact) mass is 279 g/mol. The highest BCUT2D eigenvalue weighted by Crippen LogP contribution is 2.22. The quantitative estimate of drug-likeness (QED) is 0.899. The zero-order chi connectivity index (χ0) is 13.7. The number of aromatic nitrogens is 1. The van der Waals surface area contributed by atoms with Gasteiger partial charge in [0.05, 0.1) is 5.56 Å². The van der Waals surface area contributed by atoms with Gasteiger partial charge < -0.3 is 10.2 Å². The largest absolute Gasteiger partial charge is 0.368 e. The molecule has 102 valence electrons. The molecule has 0 unspecified atom stereocenters. The van der Waals surface area contributed by atoms with Gasteiger partial charge in [0.2, 0.25) is 0 Å². The van der Waals surface area contributed by atoms with Gasteiger partial charge in [-0.05, 0) is 13.1 Å². The lowest BCUT2D eigenvalue weighted by Crippen LogP contribution is -2.45. The maximum Gasteiger partial charge on any atom is 0.146 e. The highest BCUT2D eigenvalue weighted by Gasteiger charge is 2.13. The van der Waals surface area contributed by atoms with Crippen LogP contribution in [-0.4, -0.2) is 61.1 Å². The summed E-state index contributed by atoms with van der Waals surface area (Å²) < 4.78 is 0. The van der Waals surface area contributed by atoms with Crippen molar-refractivity contribution < 1.29 is 0 Å². The third-order valence-corrected chi connectivity index (χ3v) is 3.71. The predicted octanol–water partition coefficient (Wildman–Crippen LogP) is 1.27. The van der Waals surface area contributed by atoms with E-state index in [1.165, 1.54) is 0 Å². The minimum atomic E-state index is 0.406. The molecule has 1 aromatic heterocycles. The van der Waals surface area contributed by atoms with Crippen LogP contribution in [-0.2, 0) is 0 Å². The number of hydrogen-bond donors (Lipinski definition) is 1. The van der Waals surface area contributed by atoms with E-state index in [2.05, 4.69) is 33.2 Å². The summed E-state index contributed by atoms with van der Waals surface area (Å²) in [5, 5.41) is 12.5. The Bertz CT molecular complexity index is 463. The zero-order valence-electron chi connectivity index (χ0n) is 11.1. The molecule has 1 fully saturated rings. The van der Waals surface area contributed by atoms with Crippen LogP contribution in [0.4, 0.5) is 5.82 Å². The van der Waals surface area contributed by atoms with Gasteiger partial charge >= 0.3 is 0 Å². The van der Waals surface area contributed by atoms with E-state index in [0.717, 1.165) is 39.3 Å². The highest BCUT2D eigenvalue weighted by atomic mass is 35.5. The molecule has 6 heteroatoms. The average molecular weight is 280 g/mol. The van der Waals surface area contributed by atoms with Gasteiger partial charge in [-0.15, -0.1) is 0 Å². The second-order valence-electron chi connectivity index (χ2n) is 4.70. The first kappa shape index (κ1) is 14.1. The number of nitrogens with zero attached hydrogens (tertiary/aromatic N) is 4. The van der Waals surface area contributed by atoms with Gasteiger partial charge in [-0.1, -0.05) is 11.6 Å². The minimum Gasteiger partial charge on any atom is -0.368 e. The lowest BCUT2D eigenvalue weighted by atomic mass is 10.3. The molecule has 5 nitrogen and oxygen atoms in total. The molecule has 1 aliphatic heterocycles. The minimum absolute atomic E-state index is 0.406. The molecule has 0 aliphatic carbocycles. The van der Waals surface area contributed by atoms with Crippen LogP contribution in [0.25, 0.3) is 0 Å². The van der Waals surface area contributed by atoms with Gasteiger partial charge in [0.1, 0.15) is 16.9 Å². The van der Waals surface area contributed by atoms with Crippen molar-refractivity contribution in [1.29, 1.82) is 5.26 Å². The van der Waals surface area contributed by atoms with Crippen LogP contribution < -0.4 is 5.32 Å². The summed E-state index contributed by atoms with van der Waals surface area (Å²) in [6.07, 6.45) is 1.60. The second kappa shape index (κ2) is 6.71. The molecule has 19 heavy (non-hydrogen) atoms. The Morgan fingerprint density at radius 3 is 2.84 bits per heavy atom. The number of likely N-dealkylation sites (N-methyl/N-ethyl adjacent to an activating group) is 1. The van der Waals surface area contributed by atoms with E-state index in [1.807, 2.05) is 0 Å². The maximum absolute atomic E-state index is 8.89. The molecule has 0 spiro atoms. The number of anilines is 1. The van der Waals surface area contributed by atoms with Crippen molar-refractivity contribution in [3.8, 4) is 6.07 Å². The van der Waals surface area contributed by atoms with Crippen LogP contribution in [0, 0.1) is 11.3 Å². The third kappa shape index (κ3) is 3.80. The molecule has 0 saturated carbocycles. The molecule has 2 heterocycles. The smallest absolute Gasteiger partial charge is 0.146 e. The lowest BCUT2D eigenvalue weighted by Gasteiger charge is -2.32. The Labute approximate surface area is 118 Å². The molecule has 0 atom stereocenters. The van der Waals surface area contributed by atoms with Crippen molar-refractivity contribution >= 4 is 17.4 Å². The average Bonchev–Trinajstić information content (AvgIpc) is 2.43. The van der Waals surface area contributed by atoms with E-state index in [9.17, 15) is 0 Å². The van der Waals surface area contributed by atoms with E-state index in [1.54, 1.807) is 12.3 Å².